The highest BCUT2D eigenvalue weighted by Crippen LogP contribution is 2.34. The van der Waals surface area contributed by atoms with Crippen LogP contribution in [-0.4, -0.2) is 21.1 Å². The first-order valence-corrected chi connectivity index (χ1v) is 6.77. The lowest BCUT2D eigenvalue weighted by Crippen LogP contribution is -1.94. The van der Waals surface area contributed by atoms with E-state index >= 15 is 0 Å². The van der Waals surface area contributed by atoms with Gasteiger partial charge in [-0.15, -0.1) is 0 Å². The number of carbonyl (C=O) groups is 1. The van der Waals surface area contributed by atoms with E-state index in [2.05, 4.69) is 10.1 Å². The van der Waals surface area contributed by atoms with E-state index in [1.54, 1.807) is 17.1 Å². The Morgan fingerprint density at radius 2 is 1.71 bits per heavy atom. The van der Waals surface area contributed by atoms with Crippen molar-refractivity contribution in [3.05, 3.63) is 59.5 Å². The molecule has 21 heavy (non-hydrogen) atoms. The van der Waals surface area contributed by atoms with E-state index in [1.807, 2.05) is 43.4 Å². The molecule has 2 aromatic heterocycles. The van der Waals surface area contributed by atoms with Crippen LogP contribution in [0.15, 0.2) is 48.8 Å². The highest BCUT2D eigenvalue weighted by atomic mass is 35.5. The summed E-state index contributed by atoms with van der Waals surface area (Å²) < 4.78 is 1.71. The Balaban J connectivity index is 2.27. The molecule has 0 saturated heterocycles. The maximum Gasteiger partial charge on any atom is 0.170 e. The van der Waals surface area contributed by atoms with Crippen molar-refractivity contribution in [2.45, 2.75) is 0 Å². The van der Waals surface area contributed by atoms with Gasteiger partial charge in [0.15, 0.2) is 6.29 Å². The molecule has 2 heterocycles. The largest absolute Gasteiger partial charge is 0.296 e. The van der Waals surface area contributed by atoms with Gasteiger partial charge in [0, 0.05) is 35.6 Å². The third kappa shape index (κ3) is 2.45. The molecule has 4 nitrogen and oxygen atoms in total. The molecule has 0 radical (unpaired) electrons. The summed E-state index contributed by atoms with van der Waals surface area (Å²) in [5, 5.41) is 4.97. The molecule has 0 N–H and O–H groups in total. The average Bonchev–Trinajstić information content (AvgIpc) is 2.85. The lowest BCUT2D eigenvalue weighted by atomic mass is 10.00. The number of aromatic nitrogens is 3. The molecule has 0 aliphatic heterocycles. The number of aryl methyl sites for hydroxylation is 1. The number of rotatable bonds is 3. The number of hydrogen-bond donors (Lipinski definition) is 0. The Hall–Kier alpha value is -2.46. The van der Waals surface area contributed by atoms with Crippen molar-refractivity contribution in [1.29, 1.82) is 0 Å². The predicted molar refractivity (Wildman–Crippen MR) is 82.3 cm³/mol. The molecule has 0 aliphatic carbocycles. The number of nitrogens with zero attached hydrogens (tertiary/aromatic N) is 3. The van der Waals surface area contributed by atoms with E-state index in [4.69, 9.17) is 11.6 Å². The Morgan fingerprint density at radius 1 is 1.05 bits per heavy atom. The van der Waals surface area contributed by atoms with Crippen molar-refractivity contribution in [2.75, 3.05) is 0 Å². The summed E-state index contributed by atoms with van der Waals surface area (Å²) >= 11 is 5.94. The molecule has 0 unspecified atom stereocenters. The van der Waals surface area contributed by atoms with Crippen LogP contribution in [0.2, 0.25) is 5.02 Å². The van der Waals surface area contributed by atoms with E-state index in [0.717, 1.165) is 28.7 Å². The maximum atomic E-state index is 11.3. The fraction of sp³-hybridized carbons (Fsp3) is 0.0625. The molecule has 0 saturated carbocycles. The minimum Gasteiger partial charge on any atom is -0.296 e. The molecule has 3 aromatic rings. The molecule has 0 spiro atoms. The summed E-state index contributed by atoms with van der Waals surface area (Å²) in [6.45, 7) is 0. The summed E-state index contributed by atoms with van der Waals surface area (Å²) in [7, 11) is 1.82. The van der Waals surface area contributed by atoms with Gasteiger partial charge in [0.1, 0.15) is 5.69 Å². The number of halogens is 1. The van der Waals surface area contributed by atoms with Crippen LogP contribution in [0.3, 0.4) is 0 Å². The van der Waals surface area contributed by atoms with Crippen LogP contribution in [0.25, 0.3) is 22.4 Å². The van der Waals surface area contributed by atoms with Crippen LogP contribution in [0.4, 0.5) is 0 Å². The van der Waals surface area contributed by atoms with Gasteiger partial charge >= 0.3 is 0 Å². The quantitative estimate of drug-likeness (QED) is 0.694. The first-order chi connectivity index (χ1) is 10.2. The van der Waals surface area contributed by atoms with Crippen molar-refractivity contribution < 1.29 is 4.79 Å². The van der Waals surface area contributed by atoms with E-state index in [9.17, 15) is 4.79 Å². The smallest absolute Gasteiger partial charge is 0.170 e. The molecule has 3 rings (SSSR count). The lowest BCUT2D eigenvalue weighted by molar-refractivity contribution is 0.111. The standard InChI is InChI=1S/C16H12ClN3O/c1-20-16(12-2-4-13(17)5-3-12)15(14(10-21)19-20)11-6-8-18-9-7-11/h2-10H,1H3. The summed E-state index contributed by atoms with van der Waals surface area (Å²) in [6.07, 6.45) is 4.17. The van der Waals surface area contributed by atoms with Crippen LogP contribution in [0.1, 0.15) is 10.5 Å². The highest BCUT2D eigenvalue weighted by molar-refractivity contribution is 6.30. The molecule has 0 aliphatic rings. The monoisotopic (exact) mass is 297 g/mol. The van der Waals surface area contributed by atoms with Gasteiger partial charge in [-0.1, -0.05) is 23.7 Å². The zero-order valence-corrected chi connectivity index (χ0v) is 12.1. The summed E-state index contributed by atoms with van der Waals surface area (Å²) in [6, 6.07) is 11.2. The minimum absolute atomic E-state index is 0.411. The minimum atomic E-state index is 0.411. The van der Waals surface area contributed by atoms with Crippen molar-refractivity contribution >= 4 is 17.9 Å². The van der Waals surface area contributed by atoms with E-state index in [0.29, 0.717) is 10.7 Å². The Kier molecular flexibility index (Phi) is 3.54. The van der Waals surface area contributed by atoms with Gasteiger partial charge in [-0.3, -0.25) is 14.5 Å². The zero-order valence-electron chi connectivity index (χ0n) is 11.3. The van der Waals surface area contributed by atoms with Gasteiger partial charge in [0.2, 0.25) is 0 Å². The normalized spacial score (nSPS) is 10.6. The van der Waals surface area contributed by atoms with Crippen LogP contribution < -0.4 is 0 Å². The Labute approximate surface area is 127 Å². The van der Waals surface area contributed by atoms with Crippen molar-refractivity contribution in [1.82, 2.24) is 14.8 Å². The van der Waals surface area contributed by atoms with Crippen LogP contribution in [0, 0.1) is 0 Å². The third-order valence-electron chi connectivity index (χ3n) is 3.27. The first-order valence-electron chi connectivity index (χ1n) is 6.39. The number of pyridine rings is 1. The third-order valence-corrected chi connectivity index (χ3v) is 3.52. The van der Waals surface area contributed by atoms with E-state index in [-0.39, 0.29) is 0 Å². The van der Waals surface area contributed by atoms with Crippen LogP contribution >= 0.6 is 11.6 Å². The van der Waals surface area contributed by atoms with Gasteiger partial charge < -0.3 is 0 Å². The number of benzene rings is 1. The van der Waals surface area contributed by atoms with Crippen molar-refractivity contribution in [3.63, 3.8) is 0 Å². The molecule has 0 bridgehead atoms. The predicted octanol–water partition coefficient (Wildman–Crippen LogP) is 3.62. The van der Waals surface area contributed by atoms with Crippen molar-refractivity contribution in [2.24, 2.45) is 7.05 Å². The van der Waals surface area contributed by atoms with Gasteiger partial charge in [-0.2, -0.15) is 5.10 Å². The fourth-order valence-electron chi connectivity index (χ4n) is 2.37. The topological polar surface area (TPSA) is 47.8 Å². The summed E-state index contributed by atoms with van der Waals surface area (Å²) in [4.78, 5) is 15.4. The number of aldehydes is 1. The van der Waals surface area contributed by atoms with E-state index < -0.39 is 0 Å². The number of carbonyl (C=O) groups excluding carboxylic acids is 1. The molecule has 5 heteroatoms. The Bertz CT molecular complexity index is 779. The summed E-state index contributed by atoms with van der Waals surface area (Å²) in [5.41, 5.74) is 3.95. The van der Waals surface area contributed by atoms with Gasteiger partial charge in [0.05, 0.1) is 5.69 Å². The van der Waals surface area contributed by atoms with Crippen LogP contribution in [0.5, 0.6) is 0 Å². The average molecular weight is 298 g/mol. The van der Waals surface area contributed by atoms with Gasteiger partial charge in [-0.25, -0.2) is 0 Å². The lowest BCUT2D eigenvalue weighted by Gasteiger charge is -2.07. The van der Waals surface area contributed by atoms with Gasteiger partial charge in [-0.05, 0) is 29.8 Å². The molecular weight excluding hydrogens is 286 g/mol. The van der Waals surface area contributed by atoms with E-state index in [1.165, 1.54) is 0 Å². The maximum absolute atomic E-state index is 11.3. The van der Waals surface area contributed by atoms with Crippen LogP contribution in [-0.2, 0) is 7.05 Å². The molecular formula is C16H12ClN3O. The SMILES string of the molecule is Cn1nc(C=O)c(-c2ccncc2)c1-c1ccc(Cl)cc1. The van der Waals surface area contributed by atoms with Crippen molar-refractivity contribution in [3.8, 4) is 22.4 Å². The molecule has 1 aromatic carbocycles. The second kappa shape index (κ2) is 5.50. The summed E-state index contributed by atoms with van der Waals surface area (Å²) in [5.74, 6) is 0. The second-order valence-electron chi connectivity index (χ2n) is 4.59. The van der Waals surface area contributed by atoms with Gasteiger partial charge in [0.25, 0.3) is 0 Å². The second-order valence-corrected chi connectivity index (χ2v) is 5.03. The highest BCUT2D eigenvalue weighted by Gasteiger charge is 2.18. The molecule has 0 amide bonds. The fourth-order valence-corrected chi connectivity index (χ4v) is 2.50. The zero-order chi connectivity index (χ0) is 14.8. The molecule has 104 valence electrons. The Morgan fingerprint density at radius 3 is 2.33 bits per heavy atom. The molecule has 0 fully saturated rings. The number of hydrogen-bond acceptors (Lipinski definition) is 3. The first kappa shape index (κ1) is 13.5. The molecule has 0 atom stereocenters.